The van der Waals surface area contributed by atoms with E-state index in [2.05, 4.69) is 32.6 Å². The largest absolute Gasteiger partial charge is 0.481 e. The Bertz CT molecular complexity index is 895. The highest BCUT2D eigenvalue weighted by Crippen LogP contribution is 2.37. The summed E-state index contributed by atoms with van der Waals surface area (Å²) >= 11 is 0. The highest BCUT2D eigenvalue weighted by Gasteiger charge is 2.40. The van der Waals surface area contributed by atoms with Gasteiger partial charge in [-0.25, -0.2) is 14.7 Å². The molecule has 0 heterocycles. The van der Waals surface area contributed by atoms with Gasteiger partial charge in [-0.05, 0) is 107 Å². The van der Waals surface area contributed by atoms with Gasteiger partial charge in [-0.3, -0.25) is 14.8 Å². The Labute approximate surface area is 270 Å². The number of carboxylic acid groups (broad SMARTS) is 1. The predicted octanol–water partition coefficient (Wildman–Crippen LogP) is 6.84. The van der Waals surface area contributed by atoms with Crippen LogP contribution in [0.15, 0.2) is 0 Å². The molecule has 2 N–H and O–H groups in total. The van der Waals surface area contributed by atoms with E-state index < -0.39 is 17.8 Å². The van der Waals surface area contributed by atoms with Crippen LogP contribution in [0.4, 0.5) is 0 Å². The smallest absolute Gasteiger partial charge is 0.310 e. The molecule has 0 bridgehead atoms. The van der Waals surface area contributed by atoms with E-state index in [9.17, 15) is 14.7 Å². The lowest BCUT2D eigenvalue weighted by molar-refractivity contribution is -0.341. The highest BCUT2D eigenvalue weighted by molar-refractivity contribution is 5.81. The van der Waals surface area contributed by atoms with Gasteiger partial charge in [-0.2, -0.15) is 0 Å². The standard InChI is InChI=1S/C35H60O10/c1-23-5-7-25(26(17-23)19-42-39)20-43-45-30-14-10-28(11-15-30)41-22-35(3,4)21-40-27-8-12-29(13-9-27)44-34(38)31-16-6-24(2)18-32(31)33(36)37/h23-32,39H,5-22H2,1-4H3,(H,36,37). The molecule has 10 nitrogen and oxygen atoms in total. The summed E-state index contributed by atoms with van der Waals surface area (Å²) in [7, 11) is 0. The number of ether oxygens (including phenoxy) is 3. The number of hydrogen-bond donors (Lipinski definition) is 2. The van der Waals surface area contributed by atoms with Crippen LogP contribution in [-0.4, -0.2) is 73.1 Å². The maximum atomic E-state index is 12.8. The molecule has 10 heteroatoms. The molecule has 0 aromatic heterocycles. The number of carbonyl (C=O) groups is 2. The molecule has 4 saturated carbocycles. The van der Waals surface area contributed by atoms with Crippen molar-refractivity contribution in [3.8, 4) is 0 Å². The fraction of sp³-hybridized carbons (Fsp3) is 0.943. The molecule has 0 aliphatic heterocycles. The first kappa shape index (κ1) is 36.5. The van der Waals surface area contributed by atoms with E-state index in [0.29, 0.717) is 62.9 Å². The van der Waals surface area contributed by atoms with Crippen molar-refractivity contribution in [3.05, 3.63) is 0 Å². The van der Waals surface area contributed by atoms with Crippen LogP contribution in [0.25, 0.3) is 0 Å². The molecule has 0 saturated heterocycles. The first-order valence-electron chi connectivity index (χ1n) is 17.7. The second-order valence-electron chi connectivity index (χ2n) is 15.6. The first-order valence-corrected chi connectivity index (χ1v) is 17.7. The molecule has 0 radical (unpaired) electrons. The SMILES string of the molecule is CC1CCC(COOC2CCC(OCC(C)(C)COC3CCC(OC(=O)C4CCC(C)CC4C(=O)O)CC3)CC2)C(COO)C1. The van der Waals surface area contributed by atoms with Gasteiger partial charge in [-0.15, -0.1) is 0 Å². The van der Waals surface area contributed by atoms with E-state index in [1.165, 1.54) is 6.42 Å². The molecule has 4 aliphatic rings. The topological polar surface area (TPSA) is 130 Å². The van der Waals surface area contributed by atoms with Gasteiger partial charge in [0.2, 0.25) is 0 Å². The zero-order valence-corrected chi connectivity index (χ0v) is 28.2. The third-order valence-electron chi connectivity index (χ3n) is 10.9. The van der Waals surface area contributed by atoms with Crippen LogP contribution < -0.4 is 0 Å². The summed E-state index contributed by atoms with van der Waals surface area (Å²) in [5, 5.41) is 18.5. The lowest BCUT2D eigenvalue weighted by Gasteiger charge is -2.35. The Hall–Kier alpha value is -1.30. The number of carboxylic acids is 1. The minimum atomic E-state index is -0.885. The molecular weight excluding hydrogens is 580 g/mol. The lowest BCUT2D eigenvalue weighted by Crippen LogP contribution is -2.39. The van der Waals surface area contributed by atoms with E-state index in [4.69, 9.17) is 29.2 Å². The highest BCUT2D eigenvalue weighted by atomic mass is 17.2. The minimum absolute atomic E-state index is 0.0932. The Morgan fingerprint density at radius 3 is 1.82 bits per heavy atom. The van der Waals surface area contributed by atoms with Crippen LogP contribution in [0.1, 0.15) is 118 Å². The van der Waals surface area contributed by atoms with Gasteiger partial charge in [0.1, 0.15) is 6.10 Å². The van der Waals surface area contributed by atoms with Crippen LogP contribution in [0.5, 0.6) is 0 Å². The molecule has 0 aromatic carbocycles. The first-order chi connectivity index (χ1) is 21.5. The van der Waals surface area contributed by atoms with Gasteiger partial charge >= 0.3 is 11.9 Å². The third kappa shape index (κ3) is 11.7. The summed E-state index contributed by atoms with van der Waals surface area (Å²) in [4.78, 5) is 40.5. The second kappa shape index (κ2) is 17.7. The third-order valence-corrected chi connectivity index (χ3v) is 10.9. The Balaban J connectivity index is 1.06. The van der Waals surface area contributed by atoms with E-state index >= 15 is 0 Å². The molecule has 6 unspecified atom stereocenters. The van der Waals surface area contributed by atoms with Crippen molar-refractivity contribution in [2.24, 2.45) is 40.9 Å². The number of hydrogen-bond acceptors (Lipinski definition) is 9. The fourth-order valence-electron chi connectivity index (χ4n) is 7.83. The Kier molecular flexibility index (Phi) is 14.4. The maximum Gasteiger partial charge on any atom is 0.310 e. The van der Waals surface area contributed by atoms with Crippen molar-refractivity contribution < 1.29 is 48.8 Å². The van der Waals surface area contributed by atoms with Crippen molar-refractivity contribution in [2.45, 2.75) is 142 Å². The molecule has 4 aliphatic carbocycles. The van der Waals surface area contributed by atoms with Crippen LogP contribution in [0, 0.1) is 40.9 Å². The molecular formula is C35H60O10. The van der Waals surface area contributed by atoms with Crippen molar-refractivity contribution in [2.75, 3.05) is 26.4 Å². The summed E-state index contributed by atoms with van der Waals surface area (Å²) < 4.78 is 18.4. The molecule has 4 rings (SSSR count). The summed E-state index contributed by atoms with van der Waals surface area (Å²) in [6.07, 6.45) is 12.5. The number of carbonyl (C=O) groups excluding carboxylic acids is 1. The molecule has 45 heavy (non-hydrogen) atoms. The van der Waals surface area contributed by atoms with E-state index in [-0.39, 0.29) is 35.8 Å². The van der Waals surface area contributed by atoms with Crippen LogP contribution >= 0.6 is 0 Å². The van der Waals surface area contributed by atoms with Gasteiger partial charge in [0, 0.05) is 5.41 Å². The van der Waals surface area contributed by atoms with Crippen molar-refractivity contribution in [1.82, 2.24) is 0 Å². The minimum Gasteiger partial charge on any atom is -0.481 e. The van der Waals surface area contributed by atoms with E-state index in [1.807, 2.05) is 0 Å². The normalized spacial score (nSPS) is 36.4. The van der Waals surface area contributed by atoms with Crippen molar-refractivity contribution >= 4 is 11.9 Å². The van der Waals surface area contributed by atoms with Crippen molar-refractivity contribution in [1.29, 1.82) is 0 Å². The monoisotopic (exact) mass is 640 g/mol. The lowest BCUT2D eigenvalue weighted by atomic mass is 9.74. The quantitative estimate of drug-likeness (QED) is 0.111. The average molecular weight is 641 g/mol. The molecule has 260 valence electrons. The van der Waals surface area contributed by atoms with Crippen LogP contribution in [0.2, 0.25) is 0 Å². The average Bonchev–Trinajstić information content (AvgIpc) is 3.01. The Morgan fingerprint density at radius 1 is 0.667 bits per heavy atom. The van der Waals surface area contributed by atoms with E-state index in [1.54, 1.807) is 0 Å². The van der Waals surface area contributed by atoms with Crippen molar-refractivity contribution in [3.63, 3.8) is 0 Å². The van der Waals surface area contributed by atoms with Gasteiger partial charge in [0.15, 0.2) is 0 Å². The molecule has 0 aromatic rings. The molecule has 0 spiro atoms. The van der Waals surface area contributed by atoms with Gasteiger partial charge in [-0.1, -0.05) is 34.1 Å². The maximum absolute atomic E-state index is 12.8. The molecule has 6 atom stereocenters. The van der Waals surface area contributed by atoms with Gasteiger partial charge in [0.25, 0.3) is 0 Å². The summed E-state index contributed by atoms with van der Waals surface area (Å²) in [6, 6.07) is 0. The number of rotatable bonds is 15. The van der Waals surface area contributed by atoms with Crippen LogP contribution in [0.3, 0.4) is 0 Å². The summed E-state index contributed by atoms with van der Waals surface area (Å²) in [5.41, 5.74) is -0.115. The summed E-state index contributed by atoms with van der Waals surface area (Å²) in [5.74, 6) is -0.729. The van der Waals surface area contributed by atoms with Gasteiger partial charge in [0.05, 0.1) is 56.6 Å². The number of aliphatic carboxylic acids is 1. The molecule has 0 amide bonds. The second-order valence-corrected chi connectivity index (χ2v) is 15.6. The number of esters is 1. The van der Waals surface area contributed by atoms with Gasteiger partial charge < -0.3 is 19.3 Å². The van der Waals surface area contributed by atoms with Crippen LogP contribution in [-0.2, 0) is 38.5 Å². The molecule has 4 fully saturated rings. The summed E-state index contributed by atoms with van der Waals surface area (Å²) in [6.45, 7) is 10.8. The zero-order chi connectivity index (χ0) is 32.4. The Morgan fingerprint density at radius 2 is 1.22 bits per heavy atom. The fourth-order valence-corrected chi connectivity index (χ4v) is 7.83. The zero-order valence-electron chi connectivity index (χ0n) is 28.2. The van der Waals surface area contributed by atoms with E-state index in [0.717, 1.165) is 70.6 Å². The predicted molar refractivity (Wildman–Crippen MR) is 167 cm³/mol.